The number of aromatic carboxylic acids is 1. The van der Waals surface area contributed by atoms with E-state index in [9.17, 15) is 9.59 Å². The Hall–Kier alpha value is -1.79. The number of carbonyl (C=O) groups is 2. The Morgan fingerprint density at radius 3 is 2.81 bits per heavy atom. The van der Waals surface area contributed by atoms with Crippen molar-refractivity contribution in [2.24, 2.45) is 5.92 Å². The fourth-order valence-corrected chi connectivity index (χ4v) is 2.46. The Bertz CT molecular complexity index is 550. The number of carboxylic acids is 1. The van der Waals surface area contributed by atoms with Gasteiger partial charge in [0.2, 0.25) is 0 Å². The molecule has 21 heavy (non-hydrogen) atoms. The van der Waals surface area contributed by atoms with Crippen molar-refractivity contribution in [2.75, 3.05) is 18.5 Å². The highest BCUT2D eigenvalue weighted by molar-refractivity contribution is 6.31. The molecule has 0 aromatic heterocycles. The van der Waals surface area contributed by atoms with Gasteiger partial charge in [0, 0.05) is 29.8 Å². The van der Waals surface area contributed by atoms with Crippen molar-refractivity contribution in [3.05, 3.63) is 28.8 Å². The molecule has 2 rings (SSSR count). The van der Waals surface area contributed by atoms with Crippen LogP contribution in [0, 0.1) is 5.92 Å². The third-order valence-corrected chi connectivity index (χ3v) is 3.68. The van der Waals surface area contributed by atoms with Gasteiger partial charge in [0.1, 0.15) is 0 Å². The highest BCUT2D eigenvalue weighted by atomic mass is 35.5. The van der Waals surface area contributed by atoms with Crippen molar-refractivity contribution in [1.29, 1.82) is 0 Å². The second-order valence-corrected chi connectivity index (χ2v) is 5.43. The number of hydrogen-bond acceptors (Lipinski definition) is 3. The van der Waals surface area contributed by atoms with Gasteiger partial charge in [-0.1, -0.05) is 11.6 Å². The summed E-state index contributed by atoms with van der Waals surface area (Å²) >= 11 is 5.83. The third-order valence-electron chi connectivity index (χ3n) is 3.46. The molecule has 1 aliphatic heterocycles. The van der Waals surface area contributed by atoms with E-state index >= 15 is 0 Å². The maximum atomic E-state index is 11.8. The van der Waals surface area contributed by atoms with Crippen LogP contribution in [0.2, 0.25) is 5.02 Å². The van der Waals surface area contributed by atoms with Crippen LogP contribution in [0.25, 0.3) is 0 Å². The van der Waals surface area contributed by atoms with Gasteiger partial charge in [-0.2, -0.15) is 0 Å². The number of hydrogen-bond donors (Lipinski definition) is 3. The van der Waals surface area contributed by atoms with Gasteiger partial charge in [-0.15, -0.1) is 0 Å². The number of urea groups is 1. The first-order valence-electron chi connectivity index (χ1n) is 6.66. The van der Waals surface area contributed by atoms with E-state index in [2.05, 4.69) is 10.6 Å². The van der Waals surface area contributed by atoms with Gasteiger partial charge in [-0.05, 0) is 31.5 Å². The molecule has 0 saturated carbocycles. The fraction of sp³-hybridized carbons (Fsp3) is 0.429. The van der Waals surface area contributed by atoms with Gasteiger partial charge in [-0.25, -0.2) is 9.59 Å². The standard InChI is InChI=1S/C14H17ClN2O4/c1-8-9(2-3-21-8)7-16-14(20)17-12-5-10(13(18)19)4-11(15)6-12/h4-6,8-9H,2-3,7H2,1H3,(H,18,19)(H2,16,17,20). The average molecular weight is 313 g/mol. The molecule has 114 valence electrons. The predicted molar refractivity (Wildman–Crippen MR) is 79.0 cm³/mol. The van der Waals surface area contributed by atoms with Gasteiger partial charge >= 0.3 is 12.0 Å². The quantitative estimate of drug-likeness (QED) is 0.797. The highest BCUT2D eigenvalue weighted by Crippen LogP contribution is 2.20. The highest BCUT2D eigenvalue weighted by Gasteiger charge is 2.24. The second-order valence-electron chi connectivity index (χ2n) is 4.99. The first-order chi connectivity index (χ1) is 9.95. The second kappa shape index (κ2) is 6.78. The third kappa shape index (κ3) is 4.34. The fourth-order valence-electron chi connectivity index (χ4n) is 2.23. The van der Waals surface area contributed by atoms with Gasteiger partial charge in [0.05, 0.1) is 11.7 Å². The molecule has 2 unspecified atom stereocenters. The molecule has 1 aromatic carbocycles. The van der Waals surface area contributed by atoms with E-state index in [1.807, 2.05) is 6.92 Å². The van der Waals surface area contributed by atoms with Crippen molar-refractivity contribution in [1.82, 2.24) is 5.32 Å². The van der Waals surface area contributed by atoms with Crippen LogP contribution in [-0.2, 0) is 4.74 Å². The number of halogens is 1. The summed E-state index contributed by atoms with van der Waals surface area (Å²) in [6.45, 7) is 3.21. The molecule has 1 aromatic rings. The summed E-state index contributed by atoms with van der Waals surface area (Å²) < 4.78 is 5.42. The van der Waals surface area contributed by atoms with Crippen molar-refractivity contribution in [3.63, 3.8) is 0 Å². The number of carbonyl (C=O) groups excluding carboxylic acids is 1. The zero-order chi connectivity index (χ0) is 15.4. The molecule has 2 atom stereocenters. The minimum atomic E-state index is -1.10. The van der Waals surface area contributed by atoms with Crippen LogP contribution in [0.3, 0.4) is 0 Å². The minimum absolute atomic E-state index is 0.0237. The lowest BCUT2D eigenvalue weighted by Crippen LogP contribution is -2.35. The topological polar surface area (TPSA) is 87.7 Å². The number of amides is 2. The van der Waals surface area contributed by atoms with Crippen LogP contribution in [0.15, 0.2) is 18.2 Å². The minimum Gasteiger partial charge on any atom is -0.478 e. The molecular formula is C14H17ClN2O4. The Morgan fingerprint density at radius 2 is 2.19 bits per heavy atom. The first kappa shape index (κ1) is 15.6. The number of benzene rings is 1. The SMILES string of the molecule is CC1OCCC1CNC(=O)Nc1cc(Cl)cc(C(=O)O)c1. The number of anilines is 1. The van der Waals surface area contributed by atoms with Crippen LogP contribution in [0.1, 0.15) is 23.7 Å². The zero-order valence-corrected chi connectivity index (χ0v) is 12.3. The van der Waals surface area contributed by atoms with E-state index < -0.39 is 12.0 Å². The number of ether oxygens (including phenoxy) is 1. The van der Waals surface area contributed by atoms with E-state index in [1.165, 1.54) is 18.2 Å². The van der Waals surface area contributed by atoms with Crippen molar-refractivity contribution in [2.45, 2.75) is 19.4 Å². The van der Waals surface area contributed by atoms with E-state index in [1.54, 1.807) is 0 Å². The summed E-state index contributed by atoms with van der Waals surface area (Å²) in [6, 6.07) is 3.78. The number of carboxylic acid groups (broad SMARTS) is 1. The molecule has 2 amide bonds. The molecule has 1 heterocycles. The van der Waals surface area contributed by atoms with Crippen LogP contribution < -0.4 is 10.6 Å². The van der Waals surface area contributed by atoms with Gasteiger partial charge in [0.25, 0.3) is 0 Å². The number of nitrogens with one attached hydrogen (secondary N) is 2. The molecule has 0 radical (unpaired) electrons. The first-order valence-corrected chi connectivity index (χ1v) is 7.04. The van der Waals surface area contributed by atoms with E-state index in [0.29, 0.717) is 24.8 Å². The van der Waals surface area contributed by atoms with E-state index in [-0.39, 0.29) is 16.7 Å². The van der Waals surface area contributed by atoms with Crippen molar-refractivity contribution >= 4 is 29.3 Å². The Balaban J connectivity index is 1.91. The predicted octanol–water partition coefficient (Wildman–Crippen LogP) is 2.58. The lowest BCUT2D eigenvalue weighted by atomic mass is 10.0. The molecule has 7 heteroatoms. The summed E-state index contributed by atoms with van der Waals surface area (Å²) in [5, 5.41) is 14.5. The molecule has 1 fully saturated rings. The molecule has 6 nitrogen and oxygen atoms in total. The summed E-state index contributed by atoms with van der Waals surface area (Å²) in [5.74, 6) is -0.803. The lowest BCUT2D eigenvalue weighted by molar-refractivity contribution is 0.0697. The van der Waals surface area contributed by atoms with Crippen molar-refractivity contribution in [3.8, 4) is 0 Å². The molecular weight excluding hydrogens is 296 g/mol. The molecule has 3 N–H and O–H groups in total. The van der Waals surface area contributed by atoms with Crippen LogP contribution in [0.5, 0.6) is 0 Å². The Morgan fingerprint density at radius 1 is 1.43 bits per heavy atom. The van der Waals surface area contributed by atoms with E-state index in [0.717, 1.165) is 6.42 Å². The maximum absolute atomic E-state index is 11.8. The lowest BCUT2D eigenvalue weighted by Gasteiger charge is -2.15. The number of rotatable bonds is 4. The van der Waals surface area contributed by atoms with Gasteiger partial charge in [-0.3, -0.25) is 0 Å². The van der Waals surface area contributed by atoms with Gasteiger partial charge in [0.15, 0.2) is 0 Å². The Labute approximate surface area is 127 Å². The summed E-state index contributed by atoms with van der Waals surface area (Å²) in [5.41, 5.74) is 0.365. The zero-order valence-electron chi connectivity index (χ0n) is 11.6. The molecule has 0 spiro atoms. The van der Waals surface area contributed by atoms with Crippen LogP contribution in [-0.4, -0.2) is 36.4 Å². The maximum Gasteiger partial charge on any atom is 0.335 e. The molecule has 0 aliphatic carbocycles. The summed E-state index contributed by atoms with van der Waals surface area (Å²) in [4.78, 5) is 22.7. The monoisotopic (exact) mass is 312 g/mol. The van der Waals surface area contributed by atoms with Crippen LogP contribution in [0.4, 0.5) is 10.5 Å². The summed E-state index contributed by atoms with van der Waals surface area (Å²) in [7, 11) is 0. The van der Waals surface area contributed by atoms with Gasteiger partial charge < -0.3 is 20.5 Å². The molecule has 1 aliphatic rings. The Kier molecular flexibility index (Phi) is 5.03. The van der Waals surface area contributed by atoms with Crippen molar-refractivity contribution < 1.29 is 19.4 Å². The average Bonchev–Trinajstić information content (AvgIpc) is 2.81. The normalized spacial score (nSPS) is 21.0. The van der Waals surface area contributed by atoms with E-state index in [4.69, 9.17) is 21.4 Å². The van der Waals surface area contributed by atoms with Crippen LogP contribution >= 0.6 is 11.6 Å². The molecule has 0 bridgehead atoms. The largest absolute Gasteiger partial charge is 0.478 e. The molecule has 1 saturated heterocycles. The summed E-state index contributed by atoms with van der Waals surface area (Å²) in [6.07, 6.45) is 1.05. The smallest absolute Gasteiger partial charge is 0.335 e.